The molecule has 1 aromatic carbocycles. The normalized spacial score (nSPS) is 10.7. The highest BCUT2D eigenvalue weighted by atomic mass is 35.5. The van der Waals surface area contributed by atoms with E-state index in [4.69, 9.17) is 11.6 Å². The molecule has 0 aliphatic rings. The lowest BCUT2D eigenvalue weighted by Gasteiger charge is -2.09. The van der Waals surface area contributed by atoms with Gasteiger partial charge in [-0.15, -0.1) is 0 Å². The number of rotatable bonds is 7. The third-order valence-electron chi connectivity index (χ3n) is 3.47. The Morgan fingerprint density at radius 1 is 0.913 bits per heavy atom. The Hall–Kier alpha value is -2.40. The van der Waals surface area contributed by atoms with Crippen molar-refractivity contribution in [1.29, 1.82) is 0 Å². The molecule has 5 nitrogen and oxygen atoms in total. The van der Waals surface area contributed by atoms with E-state index in [0.29, 0.717) is 5.02 Å². The zero-order valence-corrected chi connectivity index (χ0v) is 13.4. The first-order chi connectivity index (χ1) is 11.3. The first-order valence-corrected chi connectivity index (χ1v) is 8.00. The average molecular weight is 328 g/mol. The second-order valence-electron chi connectivity index (χ2n) is 5.16. The summed E-state index contributed by atoms with van der Waals surface area (Å²) in [7, 11) is 0. The van der Waals surface area contributed by atoms with Gasteiger partial charge in [-0.1, -0.05) is 17.7 Å². The first kappa shape index (κ1) is 15.5. The van der Waals surface area contributed by atoms with Crippen LogP contribution in [-0.4, -0.2) is 28.0 Å². The number of benzene rings is 1. The van der Waals surface area contributed by atoms with Crippen LogP contribution in [0.25, 0.3) is 10.9 Å². The minimum absolute atomic E-state index is 0.683. The summed E-state index contributed by atoms with van der Waals surface area (Å²) in [5, 5.41) is 8.34. The molecule has 0 radical (unpaired) electrons. The molecule has 0 atom stereocenters. The van der Waals surface area contributed by atoms with Gasteiger partial charge in [-0.05, 0) is 43.2 Å². The molecule has 0 saturated carbocycles. The molecule has 0 fully saturated rings. The Balaban J connectivity index is 1.46. The van der Waals surface area contributed by atoms with Gasteiger partial charge in [-0.2, -0.15) is 0 Å². The molecule has 3 rings (SSSR count). The highest BCUT2D eigenvalue weighted by Crippen LogP contribution is 2.22. The van der Waals surface area contributed by atoms with Crippen molar-refractivity contribution in [2.45, 2.75) is 12.8 Å². The molecule has 118 valence electrons. The summed E-state index contributed by atoms with van der Waals surface area (Å²) in [6.45, 7) is 1.76. The van der Waals surface area contributed by atoms with Gasteiger partial charge in [-0.25, -0.2) is 15.0 Å². The predicted octanol–water partition coefficient (Wildman–Crippen LogP) is 3.98. The summed E-state index contributed by atoms with van der Waals surface area (Å²) in [5.74, 6) is 1.77. The van der Waals surface area contributed by atoms with Gasteiger partial charge in [0, 0.05) is 29.7 Å². The van der Waals surface area contributed by atoms with Gasteiger partial charge >= 0.3 is 0 Å². The summed E-state index contributed by atoms with van der Waals surface area (Å²) in [5.41, 5.74) is 0.854. The lowest BCUT2D eigenvalue weighted by atomic mass is 10.2. The van der Waals surface area contributed by atoms with Gasteiger partial charge in [0.05, 0.1) is 5.52 Å². The molecule has 2 heterocycles. The van der Waals surface area contributed by atoms with Gasteiger partial charge in [0.15, 0.2) is 0 Å². The number of anilines is 2. The number of aromatic nitrogens is 3. The molecule has 23 heavy (non-hydrogen) atoms. The largest absolute Gasteiger partial charge is 0.370 e. The molecule has 0 aliphatic heterocycles. The van der Waals surface area contributed by atoms with Crippen LogP contribution in [0.15, 0.2) is 48.9 Å². The number of pyridine rings is 1. The zero-order chi connectivity index (χ0) is 15.9. The molecule has 2 N–H and O–H groups in total. The molecule has 3 aromatic rings. The molecular weight excluding hydrogens is 310 g/mol. The zero-order valence-electron chi connectivity index (χ0n) is 12.7. The van der Waals surface area contributed by atoms with Crippen LogP contribution >= 0.6 is 11.6 Å². The van der Waals surface area contributed by atoms with Crippen molar-refractivity contribution in [3.8, 4) is 0 Å². The van der Waals surface area contributed by atoms with Crippen LogP contribution in [0, 0.1) is 0 Å². The van der Waals surface area contributed by atoms with E-state index in [-0.39, 0.29) is 0 Å². The smallest absolute Gasteiger partial charge is 0.137 e. The van der Waals surface area contributed by atoms with E-state index in [1.807, 2.05) is 36.4 Å². The average Bonchev–Trinajstić information content (AvgIpc) is 2.58. The van der Waals surface area contributed by atoms with E-state index in [1.54, 1.807) is 12.5 Å². The maximum absolute atomic E-state index is 5.99. The van der Waals surface area contributed by atoms with Gasteiger partial charge in [0.1, 0.15) is 18.0 Å². The van der Waals surface area contributed by atoms with E-state index < -0.39 is 0 Å². The standard InChI is InChI=1S/C17H18ClN5/c18-13-6-7-14-15(11-13)22-12-23-17(14)21-10-4-3-9-20-16-5-1-2-8-19-16/h1-2,5-8,11-12H,3-4,9-10H2,(H,19,20)(H,21,22,23). The summed E-state index contributed by atoms with van der Waals surface area (Å²) >= 11 is 5.99. The molecule has 2 aromatic heterocycles. The van der Waals surface area contributed by atoms with Crippen molar-refractivity contribution >= 4 is 34.1 Å². The van der Waals surface area contributed by atoms with E-state index in [2.05, 4.69) is 25.6 Å². The Morgan fingerprint density at radius 2 is 1.78 bits per heavy atom. The van der Waals surface area contributed by atoms with Crippen molar-refractivity contribution in [2.24, 2.45) is 0 Å². The number of halogens is 1. The summed E-state index contributed by atoms with van der Waals surface area (Å²) < 4.78 is 0. The Bertz CT molecular complexity index is 763. The number of nitrogens with one attached hydrogen (secondary N) is 2. The third kappa shape index (κ3) is 4.29. The maximum Gasteiger partial charge on any atom is 0.137 e. The highest BCUT2D eigenvalue weighted by molar-refractivity contribution is 6.31. The molecule has 0 amide bonds. The predicted molar refractivity (Wildman–Crippen MR) is 95.0 cm³/mol. The highest BCUT2D eigenvalue weighted by Gasteiger charge is 2.03. The molecule has 0 aliphatic carbocycles. The summed E-state index contributed by atoms with van der Waals surface area (Å²) in [6.07, 6.45) is 5.44. The second-order valence-corrected chi connectivity index (χ2v) is 5.60. The minimum Gasteiger partial charge on any atom is -0.370 e. The van der Waals surface area contributed by atoms with Crippen LogP contribution in [0.1, 0.15) is 12.8 Å². The monoisotopic (exact) mass is 327 g/mol. The topological polar surface area (TPSA) is 62.7 Å². The summed E-state index contributed by atoms with van der Waals surface area (Å²) in [6, 6.07) is 11.5. The van der Waals surface area contributed by atoms with E-state index in [0.717, 1.165) is 48.5 Å². The maximum atomic E-state index is 5.99. The third-order valence-corrected chi connectivity index (χ3v) is 3.70. The van der Waals surface area contributed by atoms with Gasteiger partial charge < -0.3 is 10.6 Å². The van der Waals surface area contributed by atoms with Crippen molar-refractivity contribution in [3.63, 3.8) is 0 Å². The fraction of sp³-hybridized carbons (Fsp3) is 0.235. The quantitative estimate of drug-likeness (QED) is 0.643. The molecule has 0 spiro atoms. The SMILES string of the molecule is Clc1ccc2c(NCCCCNc3ccccn3)ncnc2c1. The molecule has 6 heteroatoms. The van der Waals surface area contributed by atoms with Gasteiger partial charge in [0.25, 0.3) is 0 Å². The Kier molecular flexibility index (Phi) is 5.21. The number of unbranched alkanes of at least 4 members (excludes halogenated alkanes) is 1. The molecule has 0 saturated heterocycles. The number of hydrogen-bond donors (Lipinski definition) is 2. The van der Waals surface area contributed by atoms with Crippen LogP contribution in [0.2, 0.25) is 5.02 Å². The Labute approximate surface area is 140 Å². The van der Waals surface area contributed by atoms with Crippen LogP contribution < -0.4 is 10.6 Å². The van der Waals surface area contributed by atoms with Crippen LogP contribution in [-0.2, 0) is 0 Å². The number of nitrogens with zero attached hydrogens (tertiary/aromatic N) is 3. The van der Waals surface area contributed by atoms with Crippen molar-refractivity contribution in [2.75, 3.05) is 23.7 Å². The second kappa shape index (κ2) is 7.74. The lowest BCUT2D eigenvalue weighted by Crippen LogP contribution is -2.08. The van der Waals surface area contributed by atoms with Gasteiger partial charge in [-0.3, -0.25) is 0 Å². The van der Waals surface area contributed by atoms with Crippen molar-refractivity contribution < 1.29 is 0 Å². The van der Waals surface area contributed by atoms with Crippen LogP contribution in [0.5, 0.6) is 0 Å². The van der Waals surface area contributed by atoms with Crippen LogP contribution in [0.3, 0.4) is 0 Å². The van der Waals surface area contributed by atoms with Gasteiger partial charge in [0.2, 0.25) is 0 Å². The van der Waals surface area contributed by atoms with Crippen LogP contribution in [0.4, 0.5) is 11.6 Å². The van der Waals surface area contributed by atoms with E-state index >= 15 is 0 Å². The van der Waals surface area contributed by atoms with E-state index in [9.17, 15) is 0 Å². The van der Waals surface area contributed by atoms with Crippen molar-refractivity contribution in [3.05, 3.63) is 53.9 Å². The Morgan fingerprint density at radius 3 is 2.61 bits per heavy atom. The minimum atomic E-state index is 0.683. The van der Waals surface area contributed by atoms with E-state index in [1.165, 1.54) is 0 Å². The van der Waals surface area contributed by atoms with Crippen molar-refractivity contribution in [1.82, 2.24) is 15.0 Å². The first-order valence-electron chi connectivity index (χ1n) is 7.62. The molecular formula is C17H18ClN5. The molecule has 0 unspecified atom stereocenters. The molecule has 0 bridgehead atoms. The number of fused-ring (bicyclic) bond motifs is 1. The lowest BCUT2D eigenvalue weighted by molar-refractivity contribution is 0.792. The fourth-order valence-electron chi connectivity index (χ4n) is 2.31. The summed E-state index contributed by atoms with van der Waals surface area (Å²) in [4.78, 5) is 12.8. The fourth-order valence-corrected chi connectivity index (χ4v) is 2.48. The number of hydrogen-bond acceptors (Lipinski definition) is 5.